The van der Waals surface area contributed by atoms with Crippen LogP contribution in [0.15, 0.2) is 48.5 Å². The van der Waals surface area contributed by atoms with Crippen LogP contribution >= 0.6 is 0 Å². The van der Waals surface area contributed by atoms with Crippen molar-refractivity contribution in [3.8, 4) is 16.9 Å². The summed E-state index contributed by atoms with van der Waals surface area (Å²) in [6.07, 6.45) is 3.12. The molecule has 1 aliphatic carbocycles. The van der Waals surface area contributed by atoms with Gasteiger partial charge in [-0.15, -0.1) is 0 Å². The fraction of sp³-hybridized carbons (Fsp3) is 0.409. The van der Waals surface area contributed by atoms with Crippen LogP contribution in [0.4, 0.5) is 0 Å². The van der Waals surface area contributed by atoms with Crippen LogP contribution in [-0.4, -0.2) is 17.7 Å². The molecule has 25 heavy (non-hydrogen) atoms. The van der Waals surface area contributed by atoms with E-state index in [1.54, 1.807) is 0 Å². The monoisotopic (exact) mass is 338 g/mol. The Balaban J connectivity index is 1.96. The minimum Gasteiger partial charge on any atom is -0.493 e. The predicted molar refractivity (Wildman–Crippen MR) is 99.9 cm³/mol. The largest absolute Gasteiger partial charge is 0.493 e. The van der Waals surface area contributed by atoms with Crippen LogP contribution in [0.5, 0.6) is 5.75 Å². The van der Waals surface area contributed by atoms with Gasteiger partial charge in [-0.05, 0) is 54.4 Å². The molecular formula is C22H26O3. The Hall–Kier alpha value is -2.29. The maximum absolute atomic E-state index is 11.8. The summed E-state index contributed by atoms with van der Waals surface area (Å²) in [6, 6.07) is 15.9. The van der Waals surface area contributed by atoms with E-state index in [0.29, 0.717) is 18.3 Å². The molecular weight excluding hydrogens is 312 g/mol. The van der Waals surface area contributed by atoms with Gasteiger partial charge in [-0.1, -0.05) is 50.2 Å². The Morgan fingerprint density at radius 3 is 2.48 bits per heavy atom. The maximum atomic E-state index is 11.8. The lowest BCUT2D eigenvalue weighted by Gasteiger charge is -2.18. The lowest BCUT2D eigenvalue weighted by molar-refractivity contribution is -0.139. The molecule has 0 radical (unpaired) electrons. The molecule has 3 rings (SSSR count). The number of carboxylic acids is 1. The molecule has 1 aliphatic rings. The number of carboxylic acid groups (broad SMARTS) is 1. The molecule has 0 heterocycles. The van der Waals surface area contributed by atoms with Gasteiger partial charge in [-0.25, -0.2) is 0 Å². The minimum atomic E-state index is -0.764. The Morgan fingerprint density at radius 1 is 1.16 bits per heavy atom. The van der Waals surface area contributed by atoms with E-state index in [0.717, 1.165) is 29.0 Å². The Labute approximate surface area is 149 Å². The first-order valence-corrected chi connectivity index (χ1v) is 9.09. The molecule has 0 spiro atoms. The lowest BCUT2D eigenvalue weighted by atomic mass is 9.88. The summed E-state index contributed by atoms with van der Waals surface area (Å²) in [6.45, 7) is 4.86. The average Bonchev–Trinajstić information content (AvgIpc) is 3.42. The van der Waals surface area contributed by atoms with Crippen molar-refractivity contribution in [2.24, 2.45) is 11.8 Å². The first-order chi connectivity index (χ1) is 12.0. The zero-order valence-corrected chi connectivity index (χ0v) is 14.9. The van der Waals surface area contributed by atoms with E-state index in [1.165, 1.54) is 12.8 Å². The Bertz CT molecular complexity index is 717. The number of aliphatic carboxylic acids is 1. The first-order valence-electron chi connectivity index (χ1n) is 9.09. The highest BCUT2D eigenvalue weighted by Gasteiger charge is 2.24. The van der Waals surface area contributed by atoms with Gasteiger partial charge in [0.05, 0.1) is 12.5 Å². The van der Waals surface area contributed by atoms with Gasteiger partial charge >= 0.3 is 5.97 Å². The molecule has 3 nitrogen and oxygen atoms in total. The van der Waals surface area contributed by atoms with Crippen LogP contribution < -0.4 is 4.74 Å². The van der Waals surface area contributed by atoms with Gasteiger partial charge in [-0.2, -0.15) is 0 Å². The molecule has 2 aromatic rings. The van der Waals surface area contributed by atoms with Crippen molar-refractivity contribution >= 4 is 5.97 Å². The second-order valence-corrected chi connectivity index (χ2v) is 7.40. The SMILES string of the molecule is CC(C)CC(C(=O)O)c1ccc(OCC2CC2)c(-c2ccccc2)c1. The van der Waals surface area contributed by atoms with Crippen LogP contribution in [0.3, 0.4) is 0 Å². The van der Waals surface area contributed by atoms with Crippen molar-refractivity contribution in [3.63, 3.8) is 0 Å². The molecule has 1 N–H and O–H groups in total. The van der Waals surface area contributed by atoms with Gasteiger partial charge in [0.2, 0.25) is 0 Å². The molecule has 2 aromatic carbocycles. The third-order valence-electron chi connectivity index (χ3n) is 4.67. The molecule has 3 heteroatoms. The van der Waals surface area contributed by atoms with Crippen molar-refractivity contribution in [2.75, 3.05) is 6.61 Å². The summed E-state index contributed by atoms with van der Waals surface area (Å²) in [4.78, 5) is 11.8. The van der Waals surface area contributed by atoms with Gasteiger partial charge < -0.3 is 9.84 Å². The summed E-state index contributed by atoms with van der Waals surface area (Å²) in [5.74, 6) is 0.595. The molecule has 1 saturated carbocycles. The molecule has 132 valence electrons. The number of carbonyl (C=O) groups is 1. The van der Waals surface area contributed by atoms with Gasteiger partial charge in [0.25, 0.3) is 0 Å². The van der Waals surface area contributed by atoms with Crippen molar-refractivity contribution in [2.45, 2.75) is 39.0 Å². The molecule has 0 aliphatic heterocycles. The van der Waals surface area contributed by atoms with Gasteiger partial charge in [0.1, 0.15) is 5.75 Å². The van der Waals surface area contributed by atoms with Crippen LogP contribution in [0.2, 0.25) is 0 Å². The lowest BCUT2D eigenvalue weighted by Crippen LogP contribution is -2.14. The van der Waals surface area contributed by atoms with Crippen LogP contribution in [0.25, 0.3) is 11.1 Å². The summed E-state index contributed by atoms with van der Waals surface area (Å²) in [7, 11) is 0. The van der Waals surface area contributed by atoms with E-state index in [2.05, 4.69) is 13.8 Å². The second kappa shape index (κ2) is 7.73. The van der Waals surface area contributed by atoms with Crippen molar-refractivity contribution in [1.29, 1.82) is 0 Å². The van der Waals surface area contributed by atoms with Crippen molar-refractivity contribution in [3.05, 3.63) is 54.1 Å². The summed E-state index contributed by atoms with van der Waals surface area (Å²) in [5, 5.41) is 9.66. The zero-order valence-electron chi connectivity index (χ0n) is 14.9. The van der Waals surface area contributed by atoms with Crippen LogP contribution in [0, 0.1) is 11.8 Å². The van der Waals surface area contributed by atoms with Crippen molar-refractivity contribution < 1.29 is 14.6 Å². The summed E-state index contributed by atoms with van der Waals surface area (Å²) in [5.41, 5.74) is 2.89. The summed E-state index contributed by atoms with van der Waals surface area (Å²) >= 11 is 0. The average molecular weight is 338 g/mol. The van der Waals surface area contributed by atoms with E-state index in [1.807, 2.05) is 48.5 Å². The van der Waals surface area contributed by atoms with E-state index in [9.17, 15) is 9.90 Å². The minimum absolute atomic E-state index is 0.326. The van der Waals surface area contributed by atoms with Crippen LogP contribution in [0.1, 0.15) is 44.6 Å². The third kappa shape index (κ3) is 4.62. The fourth-order valence-electron chi connectivity index (χ4n) is 3.08. The van der Waals surface area contributed by atoms with Crippen LogP contribution in [-0.2, 0) is 4.79 Å². The fourth-order valence-corrected chi connectivity index (χ4v) is 3.08. The summed E-state index contributed by atoms with van der Waals surface area (Å²) < 4.78 is 6.04. The molecule has 0 amide bonds. The highest BCUT2D eigenvalue weighted by molar-refractivity contribution is 5.78. The number of rotatable bonds is 8. The van der Waals surface area contributed by atoms with Crippen molar-refractivity contribution in [1.82, 2.24) is 0 Å². The second-order valence-electron chi connectivity index (χ2n) is 7.40. The number of ether oxygens (including phenoxy) is 1. The maximum Gasteiger partial charge on any atom is 0.310 e. The smallest absolute Gasteiger partial charge is 0.310 e. The van der Waals surface area contributed by atoms with Gasteiger partial charge in [0.15, 0.2) is 0 Å². The van der Waals surface area contributed by atoms with E-state index in [-0.39, 0.29) is 0 Å². The molecule has 1 atom stereocenters. The van der Waals surface area contributed by atoms with Gasteiger partial charge in [0, 0.05) is 5.56 Å². The molecule has 0 saturated heterocycles. The van der Waals surface area contributed by atoms with Gasteiger partial charge in [-0.3, -0.25) is 4.79 Å². The molecule has 0 aromatic heterocycles. The third-order valence-corrected chi connectivity index (χ3v) is 4.67. The molecule has 0 bridgehead atoms. The highest BCUT2D eigenvalue weighted by Crippen LogP contribution is 2.36. The number of hydrogen-bond donors (Lipinski definition) is 1. The van der Waals surface area contributed by atoms with E-state index < -0.39 is 11.9 Å². The normalized spacial score (nSPS) is 15.2. The highest BCUT2D eigenvalue weighted by atomic mass is 16.5. The number of hydrogen-bond acceptors (Lipinski definition) is 2. The quantitative estimate of drug-likeness (QED) is 0.705. The van der Waals surface area contributed by atoms with E-state index >= 15 is 0 Å². The number of benzene rings is 2. The standard InChI is InChI=1S/C22H26O3/c1-15(2)12-20(22(23)24)18-10-11-21(25-14-16-8-9-16)19(13-18)17-6-4-3-5-7-17/h3-7,10-11,13,15-16,20H,8-9,12,14H2,1-2H3,(H,23,24). The Kier molecular flexibility index (Phi) is 5.42. The Morgan fingerprint density at radius 2 is 1.88 bits per heavy atom. The zero-order chi connectivity index (χ0) is 17.8. The predicted octanol–water partition coefficient (Wildman–Crippen LogP) is 5.36. The first kappa shape index (κ1) is 17.5. The van der Waals surface area contributed by atoms with E-state index in [4.69, 9.17) is 4.74 Å². The molecule has 1 fully saturated rings. The molecule has 1 unspecified atom stereocenters. The topological polar surface area (TPSA) is 46.5 Å².